The van der Waals surface area contributed by atoms with Crippen molar-refractivity contribution in [3.63, 3.8) is 0 Å². The molecule has 76 valence electrons. The summed E-state index contributed by atoms with van der Waals surface area (Å²) in [6, 6.07) is 5.47. The second kappa shape index (κ2) is 5.46. The van der Waals surface area contributed by atoms with Gasteiger partial charge < -0.3 is 4.42 Å². The van der Waals surface area contributed by atoms with Crippen LogP contribution in [0.25, 0.3) is 0 Å². The summed E-state index contributed by atoms with van der Waals surface area (Å²) in [4.78, 5) is 0. The molecule has 0 aliphatic rings. The Balaban J connectivity index is 2.38. The Hall–Kier alpha value is -1.27. The SMILES string of the molecule is CC(C)CCNC(C#N)c1ccco1. The highest BCUT2D eigenvalue weighted by Gasteiger charge is 2.11. The summed E-state index contributed by atoms with van der Waals surface area (Å²) in [6.07, 6.45) is 2.66. The van der Waals surface area contributed by atoms with Gasteiger partial charge >= 0.3 is 0 Å². The lowest BCUT2D eigenvalue weighted by molar-refractivity contribution is 0.442. The van der Waals surface area contributed by atoms with E-state index in [0.29, 0.717) is 11.7 Å². The molecule has 0 amide bonds. The Kier molecular flexibility index (Phi) is 4.21. The van der Waals surface area contributed by atoms with Gasteiger partial charge in [0.2, 0.25) is 0 Å². The van der Waals surface area contributed by atoms with Gasteiger partial charge in [0.1, 0.15) is 5.76 Å². The molecule has 1 aromatic heterocycles. The molecule has 0 saturated carbocycles. The summed E-state index contributed by atoms with van der Waals surface area (Å²) in [5, 5.41) is 12.0. The average molecular weight is 192 g/mol. The van der Waals surface area contributed by atoms with Gasteiger partial charge in [0, 0.05) is 0 Å². The fourth-order valence-corrected chi connectivity index (χ4v) is 1.18. The minimum Gasteiger partial charge on any atom is -0.467 e. The molecule has 1 atom stereocenters. The normalized spacial score (nSPS) is 12.7. The van der Waals surface area contributed by atoms with Crippen molar-refractivity contribution in [2.45, 2.75) is 26.3 Å². The summed E-state index contributed by atoms with van der Waals surface area (Å²) in [6.45, 7) is 5.17. The maximum Gasteiger partial charge on any atom is 0.154 e. The number of rotatable bonds is 5. The Labute approximate surface area is 84.7 Å². The van der Waals surface area contributed by atoms with E-state index < -0.39 is 0 Å². The van der Waals surface area contributed by atoms with E-state index >= 15 is 0 Å². The van der Waals surface area contributed by atoms with E-state index in [9.17, 15) is 0 Å². The highest BCUT2D eigenvalue weighted by Crippen LogP contribution is 2.12. The second-order valence-electron chi connectivity index (χ2n) is 3.71. The van der Waals surface area contributed by atoms with Crippen LogP contribution in [0.4, 0.5) is 0 Å². The van der Waals surface area contributed by atoms with E-state index in [-0.39, 0.29) is 6.04 Å². The third-order valence-corrected chi connectivity index (χ3v) is 2.03. The number of nitrogens with one attached hydrogen (secondary N) is 1. The summed E-state index contributed by atoms with van der Waals surface area (Å²) in [5.74, 6) is 1.34. The van der Waals surface area contributed by atoms with Crippen LogP contribution >= 0.6 is 0 Å². The molecule has 0 aliphatic carbocycles. The molecule has 0 aliphatic heterocycles. The second-order valence-corrected chi connectivity index (χ2v) is 3.71. The van der Waals surface area contributed by atoms with Crippen molar-refractivity contribution >= 4 is 0 Å². The Morgan fingerprint density at radius 1 is 1.57 bits per heavy atom. The average Bonchev–Trinajstić information content (AvgIpc) is 2.64. The molecule has 0 saturated heterocycles. The van der Waals surface area contributed by atoms with Crippen LogP contribution in [0, 0.1) is 17.2 Å². The Morgan fingerprint density at radius 3 is 2.86 bits per heavy atom. The van der Waals surface area contributed by atoms with Gasteiger partial charge in [-0.3, -0.25) is 5.32 Å². The first-order valence-corrected chi connectivity index (χ1v) is 4.90. The van der Waals surface area contributed by atoms with Gasteiger partial charge in [-0.05, 0) is 31.0 Å². The zero-order valence-electron chi connectivity index (χ0n) is 8.66. The largest absolute Gasteiger partial charge is 0.467 e. The number of hydrogen-bond donors (Lipinski definition) is 1. The predicted octanol–water partition coefficient (Wildman–Crippen LogP) is 2.48. The zero-order valence-corrected chi connectivity index (χ0v) is 8.66. The highest BCUT2D eigenvalue weighted by molar-refractivity contribution is 5.12. The summed E-state index contributed by atoms with van der Waals surface area (Å²) < 4.78 is 5.16. The van der Waals surface area contributed by atoms with Crippen molar-refractivity contribution in [3.8, 4) is 6.07 Å². The maximum atomic E-state index is 8.89. The van der Waals surface area contributed by atoms with Crippen LogP contribution < -0.4 is 5.32 Å². The third-order valence-electron chi connectivity index (χ3n) is 2.03. The fourth-order valence-electron chi connectivity index (χ4n) is 1.18. The molecule has 1 N–H and O–H groups in total. The Morgan fingerprint density at radius 2 is 2.36 bits per heavy atom. The maximum absolute atomic E-state index is 8.89. The van der Waals surface area contributed by atoms with Crippen LogP contribution in [0.1, 0.15) is 32.1 Å². The van der Waals surface area contributed by atoms with Crippen molar-refractivity contribution < 1.29 is 4.42 Å². The molecule has 0 fully saturated rings. The van der Waals surface area contributed by atoms with Crippen LogP contribution in [0.15, 0.2) is 22.8 Å². The van der Waals surface area contributed by atoms with E-state index in [1.54, 1.807) is 12.3 Å². The Bertz CT molecular complexity index is 285. The first kappa shape index (κ1) is 10.8. The van der Waals surface area contributed by atoms with Gasteiger partial charge in [-0.1, -0.05) is 13.8 Å². The molecule has 0 radical (unpaired) electrons. The lowest BCUT2D eigenvalue weighted by Gasteiger charge is -2.09. The van der Waals surface area contributed by atoms with Crippen LogP contribution in [0.3, 0.4) is 0 Å². The van der Waals surface area contributed by atoms with Crippen molar-refractivity contribution in [2.24, 2.45) is 5.92 Å². The van der Waals surface area contributed by atoms with Crippen LogP contribution in [0.5, 0.6) is 0 Å². The molecule has 1 aromatic rings. The van der Waals surface area contributed by atoms with Crippen molar-refractivity contribution in [3.05, 3.63) is 24.2 Å². The van der Waals surface area contributed by atoms with E-state index in [0.717, 1.165) is 13.0 Å². The first-order chi connectivity index (χ1) is 6.74. The number of furan rings is 1. The smallest absolute Gasteiger partial charge is 0.154 e. The lowest BCUT2D eigenvalue weighted by atomic mass is 10.1. The van der Waals surface area contributed by atoms with Crippen molar-refractivity contribution in [1.82, 2.24) is 5.32 Å². The van der Waals surface area contributed by atoms with Crippen molar-refractivity contribution in [2.75, 3.05) is 6.54 Å². The van der Waals surface area contributed by atoms with Gasteiger partial charge in [-0.25, -0.2) is 0 Å². The molecule has 14 heavy (non-hydrogen) atoms. The van der Waals surface area contributed by atoms with Crippen LogP contribution in [0.2, 0.25) is 0 Å². The van der Waals surface area contributed by atoms with Crippen LogP contribution in [-0.2, 0) is 0 Å². The van der Waals surface area contributed by atoms with E-state index in [2.05, 4.69) is 25.2 Å². The molecule has 3 nitrogen and oxygen atoms in total. The van der Waals surface area contributed by atoms with Gasteiger partial charge in [0.25, 0.3) is 0 Å². The summed E-state index contributed by atoms with van der Waals surface area (Å²) >= 11 is 0. The van der Waals surface area contributed by atoms with Gasteiger partial charge in [0.15, 0.2) is 6.04 Å². The summed E-state index contributed by atoms with van der Waals surface area (Å²) in [7, 11) is 0. The van der Waals surface area contributed by atoms with Gasteiger partial charge in [-0.2, -0.15) is 5.26 Å². The molecule has 1 unspecified atom stereocenters. The predicted molar refractivity (Wildman–Crippen MR) is 54.5 cm³/mol. The molecule has 0 spiro atoms. The molecular formula is C11H16N2O. The monoisotopic (exact) mass is 192 g/mol. The molecular weight excluding hydrogens is 176 g/mol. The number of hydrogen-bond acceptors (Lipinski definition) is 3. The van der Waals surface area contributed by atoms with Crippen LogP contribution in [-0.4, -0.2) is 6.54 Å². The highest BCUT2D eigenvalue weighted by atomic mass is 16.3. The summed E-state index contributed by atoms with van der Waals surface area (Å²) in [5.41, 5.74) is 0. The first-order valence-electron chi connectivity index (χ1n) is 4.90. The molecule has 1 heterocycles. The van der Waals surface area contributed by atoms with Gasteiger partial charge in [0.05, 0.1) is 12.3 Å². The van der Waals surface area contributed by atoms with Gasteiger partial charge in [-0.15, -0.1) is 0 Å². The molecule has 1 rings (SSSR count). The minimum absolute atomic E-state index is 0.316. The standard InChI is InChI=1S/C11H16N2O/c1-9(2)5-6-13-10(8-12)11-4-3-7-14-11/h3-4,7,9-10,13H,5-6H2,1-2H3. The minimum atomic E-state index is -0.316. The van der Waals surface area contributed by atoms with E-state index in [1.165, 1.54) is 0 Å². The number of nitriles is 1. The lowest BCUT2D eigenvalue weighted by Crippen LogP contribution is -2.21. The van der Waals surface area contributed by atoms with E-state index in [4.69, 9.17) is 9.68 Å². The zero-order chi connectivity index (χ0) is 10.4. The molecule has 0 aromatic carbocycles. The van der Waals surface area contributed by atoms with Crippen molar-refractivity contribution in [1.29, 1.82) is 5.26 Å². The molecule has 0 bridgehead atoms. The topological polar surface area (TPSA) is 49.0 Å². The molecule has 3 heteroatoms. The fraction of sp³-hybridized carbons (Fsp3) is 0.545. The third kappa shape index (κ3) is 3.23. The number of nitrogens with zero attached hydrogens (tertiary/aromatic N) is 1. The quantitative estimate of drug-likeness (QED) is 0.779. The van der Waals surface area contributed by atoms with E-state index in [1.807, 2.05) is 6.07 Å².